The normalized spacial score (nSPS) is 11.1. The van der Waals surface area contributed by atoms with Crippen molar-refractivity contribution in [2.75, 3.05) is 0 Å². The highest BCUT2D eigenvalue weighted by Crippen LogP contribution is 2.45. The van der Waals surface area contributed by atoms with Crippen molar-refractivity contribution in [3.63, 3.8) is 0 Å². The van der Waals surface area contributed by atoms with Crippen LogP contribution in [0.1, 0.15) is 33.4 Å². The van der Waals surface area contributed by atoms with Gasteiger partial charge in [-0.2, -0.15) is 0 Å². The van der Waals surface area contributed by atoms with E-state index in [4.69, 9.17) is 0 Å². The summed E-state index contributed by atoms with van der Waals surface area (Å²) in [5.41, 5.74) is 5.94. The first-order chi connectivity index (χ1) is 16.5. The van der Waals surface area contributed by atoms with Crippen LogP contribution in [0.3, 0.4) is 0 Å². The lowest BCUT2D eigenvalue weighted by atomic mass is 9.88. The van der Waals surface area contributed by atoms with Gasteiger partial charge in [0.25, 0.3) is 0 Å². The number of rotatable bonds is 4. The molecule has 4 aromatic rings. The minimum absolute atomic E-state index is 0.166. The highest BCUT2D eigenvalue weighted by Gasteiger charge is 2.21. The molecule has 4 rings (SSSR count). The maximum absolute atomic E-state index is 10.8. The molecule has 0 bridgehead atoms. The van der Waals surface area contributed by atoms with E-state index in [2.05, 4.69) is 0 Å². The molecule has 6 N–H and O–H groups in total. The van der Waals surface area contributed by atoms with Gasteiger partial charge in [-0.05, 0) is 115 Å². The van der Waals surface area contributed by atoms with Crippen molar-refractivity contribution in [3.05, 3.63) is 81.9 Å². The van der Waals surface area contributed by atoms with E-state index in [0.29, 0.717) is 55.6 Å². The first kappa shape index (κ1) is 23.8. The summed E-state index contributed by atoms with van der Waals surface area (Å²) >= 11 is 0. The van der Waals surface area contributed by atoms with Gasteiger partial charge in [-0.3, -0.25) is 0 Å². The molecule has 0 saturated carbocycles. The van der Waals surface area contributed by atoms with Crippen LogP contribution in [0.25, 0.3) is 22.3 Å². The Balaban J connectivity index is 1.94. The zero-order valence-electron chi connectivity index (χ0n) is 20.0. The van der Waals surface area contributed by atoms with E-state index in [0.717, 1.165) is 0 Å². The van der Waals surface area contributed by atoms with Crippen LogP contribution in [0.4, 0.5) is 0 Å². The van der Waals surface area contributed by atoms with E-state index < -0.39 is 0 Å². The molecular weight excluding hydrogens is 444 g/mol. The Labute approximate surface area is 203 Å². The van der Waals surface area contributed by atoms with Crippen LogP contribution in [0.2, 0.25) is 0 Å². The summed E-state index contributed by atoms with van der Waals surface area (Å²) in [7, 11) is 0. The van der Waals surface area contributed by atoms with Gasteiger partial charge >= 0.3 is 0 Å². The second-order valence-electron chi connectivity index (χ2n) is 9.03. The fraction of sp³-hybridized carbons (Fsp3) is 0.172. The Hall–Kier alpha value is -4.32. The third-order valence-corrected chi connectivity index (χ3v) is 6.43. The Kier molecular flexibility index (Phi) is 5.99. The van der Waals surface area contributed by atoms with Gasteiger partial charge in [0.15, 0.2) is 23.0 Å². The predicted octanol–water partition coefficient (Wildman–Crippen LogP) is 6.08. The largest absolute Gasteiger partial charge is 0.507 e. The molecule has 0 heterocycles. The Morgan fingerprint density at radius 3 is 1.09 bits per heavy atom. The van der Waals surface area contributed by atoms with Crippen molar-refractivity contribution in [2.24, 2.45) is 0 Å². The molecule has 0 aliphatic rings. The van der Waals surface area contributed by atoms with Crippen LogP contribution in [-0.4, -0.2) is 30.6 Å². The average Bonchev–Trinajstić information content (AvgIpc) is 2.80. The summed E-state index contributed by atoms with van der Waals surface area (Å²) in [6.45, 7) is 7.04. The van der Waals surface area contributed by atoms with Gasteiger partial charge in [-0.15, -0.1) is 0 Å². The van der Waals surface area contributed by atoms with Gasteiger partial charge in [0.05, 0.1) is 0 Å². The maximum atomic E-state index is 10.8. The Morgan fingerprint density at radius 1 is 0.457 bits per heavy atom. The van der Waals surface area contributed by atoms with Gasteiger partial charge in [0, 0.05) is 11.1 Å². The van der Waals surface area contributed by atoms with E-state index in [1.807, 2.05) is 0 Å². The lowest BCUT2D eigenvalue weighted by Crippen LogP contribution is -1.98. The Bertz CT molecular complexity index is 1310. The molecule has 0 saturated heterocycles. The number of phenolic OH excluding ortho intramolecular Hbond substituents is 6. The first-order valence-corrected chi connectivity index (χ1v) is 11.2. The van der Waals surface area contributed by atoms with Gasteiger partial charge in [0.2, 0.25) is 0 Å². The molecule has 0 aromatic heterocycles. The minimum atomic E-state index is -0.284. The molecule has 0 aliphatic carbocycles. The van der Waals surface area contributed by atoms with Crippen molar-refractivity contribution in [1.82, 2.24) is 0 Å². The predicted molar refractivity (Wildman–Crippen MR) is 135 cm³/mol. The second kappa shape index (κ2) is 8.80. The molecule has 6 nitrogen and oxygen atoms in total. The molecule has 6 heteroatoms. The smallest absolute Gasteiger partial charge is 0.165 e. The zero-order chi connectivity index (χ0) is 25.6. The van der Waals surface area contributed by atoms with Crippen molar-refractivity contribution in [1.29, 1.82) is 0 Å². The van der Waals surface area contributed by atoms with Crippen LogP contribution in [0, 0.1) is 27.7 Å². The summed E-state index contributed by atoms with van der Waals surface area (Å²) in [6, 6.07) is 13.2. The molecule has 0 fully saturated rings. The van der Waals surface area contributed by atoms with Crippen LogP contribution in [-0.2, 0) is 6.42 Å². The fourth-order valence-electron chi connectivity index (χ4n) is 4.59. The number of aryl methyl sites for hydroxylation is 4. The summed E-state index contributed by atoms with van der Waals surface area (Å²) in [6.07, 6.45) is 0.254. The highest BCUT2D eigenvalue weighted by atomic mass is 16.3. The lowest BCUT2D eigenvalue weighted by molar-refractivity contribution is 0.404. The number of hydrogen-bond donors (Lipinski definition) is 6. The quantitative estimate of drug-likeness (QED) is 0.200. The summed E-state index contributed by atoms with van der Waals surface area (Å²) in [5, 5.41) is 62.6. The maximum Gasteiger partial charge on any atom is 0.165 e. The second-order valence-corrected chi connectivity index (χ2v) is 9.03. The molecule has 35 heavy (non-hydrogen) atoms. The first-order valence-electron chi connectivity index (χ1n) is 11.2. The molecule has 0 atom stereocenters. The van der Waals surface area contributed by atoms with Gasteiger partial charge in [0.1, 0.15) is 11.5 Å². The van der Waals surface area contributed by atoms with Crippen molar-refractivity contribution >= 4 is 0 Å². The SMILES string of the molecule is Cc1cc(-c2c(Cc3ccc(O)c(O)c3-c3cc(C)c(O)c(C)c3)ccc(O)c2O)cc(C)c1O. The van der Waals surface area contributed by atoms with E-state index in [9.17, 15) is 30.6 Å². The molecule has 0 radical (unpaired) electrons. The van der Waals surface area contributed by atoms with Gasteiger partial charge in [-0.25, -0.2) is 0 Å². The molecule has 180 valence electrons. The molecule has 4 aromatic carbocycles. The van der Waals surface area contributed by atoms with Crippen molar-refractivity contribution in [3.8, 4) is 56.8 Å². The molecule has 0 spiro atoms. The van der Waals surface area contributed by atoms with Gasteiger partial charge < -0.3 is 30.6 Å². The van der Waals surface area contributed by atoms with Crippen LogP contribution in [0.5, 0.6) is 34.5 Å². The van der Waals surface area contributed by atoms with Crippen molar-refractivity contribution in [2.45, 2.75) is 34.1 Å². The number of phenols is 6. The monoisotopic (exact) mass is 472 g/mol. The highest BCUT2D eigenvalue weighted by molar-refractivity contribution is 5.82. The number of hydrogen-bond acceptors (Lipinski definition) is 6. The summed E-state index contributed by atoms with van der Waals surface area (Å²) in [4.78, 5) is 0. The number of benzene rings is 4. The van der Waals surface area contributed by atoms with E-state index in [-0.39, 0.29) is 40.9 Å². The Morgan fingerprint density at radius 2 is 0.771 bits per heavy atom. The average molecular weight is 473 g/mol. The van der Waals surface area contributed by atoms with Crippen LogP contribution >= 0.6 is 0 Å². The number of aromatic hydroxyl groups is 6. The molecule has 0 amide bonds. The summed E-state index contributed by atoms with van der Waals surface area (Å²) < 4.78 is 0. The molecule has 0 aliphatic heterocycles. The third kappa shape index (κ3) is 4.19. The van der Waals surface area contributed by atoms with Crippen LogP contribution < -0.4 is 0 Å². The summed E-state index contributed by atoms with van der Waals surface area (Å²) in [5.74, 6) is -0.783. The molecular formula is C29H28O6. The lowest BCUT2D eigenvalue weighted by Gasteiger charge is -2.18. The van der Waals surface area contributed by atoms with Crippen LogP contribution in [0.15, 0.2) is 48.5 Å². The van der Waals surface area contributed by atoms with Crippen molar-refractivity contribution < 1.29 is 30.6 Å². The fourth-order valence-corrected chi connectivity index (χ4v) is 4.59. The molecule has 0 unspecified atom stereocenters. The zero-order valence-corrected chi connectivity index (χ0v) is 20.0. The topological polar surface area (TPSA) is 121 Å². The van der Waals surface area contributed by atoms with E-state index in [1.165, 1.54) is 12.1 Å². The van der Waals surface area contributed by atoms with Gasteiger partial charge in [-0.1, -0.05) is 12.1 Å². The standard InChI is InChI=1S/C29H28O6/c1-14-9-20(10-15(2)26(14)32)24-18(5-7-22(30)28(24)34)13-19-6-8-23(31)29(35)25(19)21-11-16(3)27(33)17(4)12-21/h5-12,30-35H,13H2,1-4H3. The van der Waals surface area contributed by atoms with E-state index in [1.54, 1.807) is 64.1 Å². The minimum Gasteiger partial charge on any atom is -0.507 e. The third-order valence-electron chi connectivity index (χ3n) is 6.43. The van der Waals surface area contributed by atoms with E-state index >= 15 is 0 Å².